The number of hydrogen-bond donors (Lipinski definition) is 1. The number of sulfonamides is 1. The molecule has 0 bridgehead atoms. The Morgan fingerprint density at radius 2 is 2.14 bits per heavy atom. The lowest BCUT2D eigenvalue weighted by molar-refractivity contribution is -0.128. The van der Waals surface area contributed by atoms with E-state index in [1.807, 2.05) is 0 Å². The minimum absolute atomic E-state index is 0.128. The van der Waals surface area contributed by atoms with Crippen LogP contribution in [-0.2, 0) is 14.8 Å². The molecule has 1 amide bonds. The van der Waals surface area contributed by atoms with Crippen LogP contribution < -0.4 is 4.72 Å². The molecule has 0 atom stereocenters. The third-order valence-corrected chi connectivity index (χ3v) is 4.79. The Morgan fingerprint density at radius 1 is 1.48 bits per heavy atom. The molecule has 1 aromatic rings. The lowest BCUT2D eigenvalue weighted by Crippen LogP contribution is -2.37. The van der Waals surface area contributed by atoms with Gasteiger partial charge < -0.3 is 4.90 Å². The molecule has 116 valence electrons. The molecule has 0 aromatic heterocycles. The lowest BCUT2D eigenvalue weighted by Gasteiger charge is -2.19. The quantitative estimate of drug-likeness (QED) is 0.777. The van der Waals surface area contributed by atoms with Crippen molar-refractivity contribution in [2.75, 3.05) is 19.6 Å². The molecule has 0 aliphatic rings. The van der Waals surface area contributed by atoms with Gasteiger partial charge in [0.25, 0.3) is 0 Å². The molecule has 7 heteroatoms. The second kappa shape index (κ2) is 7.59. The van der Waals surface area contributed by atoms with E-state index < -0.39 is 10.0 Å². The molecule has 0 heterocycles. The van der Waals surface area contributed by atoms with E-state index in [1.165, 1.54) is 24.0 Å². The highest BCUT2D eigenvalue weighted by atomic mass is 35.5. The van der Waals surface area contributed by atoms with Crippen LogP contribution in [-0.4, -0.2) is 38.9 Å². The predicted molar refractivity (Wildman–Crippen MR) is 83.8 cm³/mol. The van der Waals surface area contributed by atoms with Crippen LogP contribution in [0.1, 0.15) is 12.5 Å². The van der Waals surface area contributed by atoms with Crippen molar-refractivity contribution < 1.29 is 13.2 Å². The molecule has 0 unspecified atom stereocenters. The molecule has 1 rings (SSSR count). The number of carbonyl (C=O) groups excluding carboxylic acids is 1. The zero-order valence-corrected chi connectivity index (χ0v) is 13.7. The molecule has 0 spiro atoms. The summed E-state index contributed by atoms with van der Waals surface area (Å²) in [6, 6.07) is 4.51. The van der Waals surface area contributed by atoms with Crippen molar-refractivity contribution in [1.82, 2.24) is 9.62 Å². The molecule has 5 nitrogen and oxygen atoms in total. The van der Waals surface area contributed by atoms with Gasteiger partial charge in [-0.05, 0) is 30.7 Å². The summed E-state index contributed by atoms with van der Waals surface area (Å²) in [5, 5.41) is 0.516. The molecule has 21 heavy (non-hydrogen) atoms. The van der Waals surface area contributed by atoms with Gasteiger partial charge >= 0.3 is 0 Å². The molecule has 1 aromatic carbocycles. The van der Waals surface area contributed by atoms with Gasteiger partial charge in [-0.3, -0.25) is 4.79 Å². The van der Waals surface area contributed by atoms with Crippen molar-refractivity contribution in [3.05, 3.63) is 41.4 Å². The van der Waals surface area contributed by atoms with E-state index in [2.05, 4.69) is 11.3 Å². The van der Waals surface area contributed by atoms with E-state index in [4.69, 9.17) is 11.6 Å². The van der Waals surface area contributed by atoms with Gasteiger partial charge in [-0.2, -0.15) is 0 Å². The average Bonchev–Trinajstić information content (AvgIpc) is 2.40. The maximum absolute atomic E-state index is 12.1. The fourth-order valence-corrected chi connectivity index (χ4v) is 2.94. The van der Waals surface area contributed by atoms with Crippen molar-refractivity contribution in [3.63, 3.8) is 0 Å². The van der Waals surface area contributed by atoms with E-state index in [0.29, 0.717) is 17.1 Å². The summed E-state index contributed by atoms with van der Waals surface area (Å²) in [5.74, 6) is -0.128. The van der Waals surface area contributed by atoms with Crippen LogP contribution >= 0.6 is 11.6 Å². The number of nitrogens with zero attached hydrogens (tertiary/aromatic N) is 1. The Balaban J connectivity index is 2.70. The van der Waals surface area contributed by atoms with E-state index in [0.717, 1.165) is 0 Å². The first kappa shape index (κ1) is 17.7. The van der Waals surface area contributed by atoms with Gasteiger partial charge in [0.05, 0.1) is 4.90 Å². The van der Waals surface area contributed by atoms with Crippen molar-refractivity contribution >= 4 is 27.5 Å². The van der Waals surface area contributed by atoms with Gasteiger partial charge in [0.15, 0.2) is 0 Å². The van der Waals surface area contributed by atoms with Crippen LogP contribution in [0, 0.1) is 6.92 Å². The number of benzene rings is 1. The monoisotopic (exact) mass is 330 g/mol. The maximum atomic E-state index is 12.1. The molecule has 1 N–H and O–H groups in total. The van der Waals surface area contributed by atoms with Crippen molar-refractivity contribution in [1.29, 1.82) is 0 Å². The fourth-order valence-electron chi connectivity index (χ4n) is 1.72. The SMILES string of the molecule is C=CCN(CCNS(=O)(=O)c1ccc(Cl)c(C)c1)C(C)=O. The first-order valence-corrected chi connectivity index (χ1v) is 8.26. The minimum Gasteiger partial charge on any atom is -0.338 e. The molecule has 0 aliphatic carbocycles. The zero-order valence-electron chi connectivity index (χ0n) is 12.1. The van der Waals surface area contributed by atoms with Crippen LogP contribution in [0.4, 0.5) is 0 Å². The Labute approximate surface area is 130 Å². The topological polar surface area (TPSA) is 66.5 Å². The minimum atomic E-state index is -3.61. The number of nitrogens with one attached hydrogen (secondary N) is 1. The second-order valence-electron chi connectivity index (χ2n) is 4.56. The molecule has 0 aliphatic heterocycles. The summed E-state index contributed by atoms with van der Waals surface area (Å²) >= 11 is 5.88. The third-order valence-electron chi connectivity index (χ3n) is 2.91. The predicted octanol–water partition coefficient (Wildman–Crippen LogP) is 1.96. The van der Waals surface area contributed by atoms with Gasteiger partial charge in [0.2, 0.25) is 15.9 Å². The number of hydrogen-bond acceptors (Lipinski definition) is 3. The molecular weight excluding hydrogens is 312 g/mol. The molecular formula is C14H19ClN2O3S. The van der Waals surface area contributed by atoms with Gasteiger partial charge in [-0.1, -0.05) is 17.7 Å². The summed E-state index contributed by atoms with van der Waals surface area (Å²) in [4.78, 5) is 13.0. The Kier molecular flexibility index (Phi) is 6.39. The van der Waals surface area contributed by atoms with Crippen LogP contribution in [0.25, 0.3) is 0 Å². The van der Waals surface area contributed by atoms with Gasteiger partial charge in [0, 0.05) is 31.6 Å². The first-order valence-electron chi connectivity index (χ1n) is 6.40. The molecule has 0 saturated carbocycles. The number of halogens is 1. The smallest absolute Gasteiger partial charge is 0.240 e. The van der Waals surface area contributed by atoms with Crippen LogP contribution in [0.2, 0.25) is 5.02 Å². The van der Waals surface area contributed by atoms with E-state index in [9.17, 15) is 13.2 Å². The number of carbonyl (C=O) groups is 1. The number of aryl methyl sites for hydroxylation is 1. The molecule has 0 fully saturated rings. The number of rotatable bonds is 7. The fraction of sp³-hybridized carbons (Fsp3) is 0.357. The van der Waals surface area contributed by atoms with Gasteiger partial charge in [-0.15, -0.1) is 6.58 Å². The van der Waals surface area contributed by atoms with Gasteiger partial charge in [0.1, 0.15) is 0 Å². The Bertz CT molecular complexity index is 629. The molecule has 0 radical (unpaired) electrons. The highest BCUT2D eigenvalue weighted by molar-refractivity contribution is 7.89. The largest absolute Gasteiger partial charge is 0.338 e. The van der Waals surface area contributed by atoms with E-state index in [1.54, 1.807) is 19.1 Å². The lowest BCUT2D eigenvalue weighted by atomic mass is 10.2. The summed E-state index contributed by atoms with van der Waals surface area (Å²) < 4.78 is 26.7. The number of amides is 1. The second-order valence-corrected chi connectivity index (χ2v) is 6.74. The molecule has 0 saturated heterocycles. The summed E-state index contributed by atoms with van der Waals surface area (Å²) in [7, 11) is -3.61. The zero-order chi connectivity index (χ0) is 16.0. The van der Waals surface area contributed by atoms with Crippen molar-refractivity contribution in [3.8, 4) is 0 Å². The highest BCUT2D eigenvalue weighted by Gasteiger charge is 2.15. The maximum Gasteiger partial charge on any atom is 0.240 e. The summed E-state index contributed by atoms with van der Waals surface area (Å²) in [5.41, 5.74) is 0.691. The standard InChI is InChI=1S/C14H19ClN2O3S/c1-4-8-17(12(3)18)9-7-16-21(19,20)13-5-6-14(15)11(2)10-13/h4-6,10,16H,1,7-9H2,2-3H3. The third kappa shape index (κ3) is 5.15. The summed E-state index contributed by atoms with van der Waals surface area (Å²) in [6.45, 7) is 7.54. The summed E-state index contributed by atoms with van der Waals surface area (Å²) in [6.07, 6.45) is 1.60. The Hall–Kier alpha value is -1.37. The van der Waals surface area contributed by atoms with Crippen molar-refractivity contribution in [2.24, 2.45) is 0 Å². The van der Waals surface area contributed by atoms with E-state index in [-0.39, 0.29) is 23.9 Å². The van der Waals surface area contributed by atoms with E-state index >= 15 is 0 Å². The normalized spacial score (nSPS) is 11.2. The van der Waals surface area contributed by atoms with Crippen LogP contribution in [0.3, 0.4) is 0 Å². The average molecular weight is 331 g/mol. The van der Waals surface area contributed by atoms with Crippen molar-refractivity contribution in [2.45, 2.75) is 18.7 Å². The highest BCUT2D eigenvalue weighted by Crippen LogP contribution is 2.19. The Morgan fingerprint density at radius 3 is 2.67 bits per heavy atom. The van der Waals surface area contributed by atoms with Crippen LogP contribution in [0.15, 0.2) is 35.7 Å². The van der Waals surface area contributed by atoms with Crippen LogP contribution in [0.5, 0.6) is 0 Å². The first-order chi connectivity index (χ1) is 9.77. The van der Waals surface area contributed by atoms with Gasteiger partial charge in [-0.25, -0.2) is 13.1 Å².